The molecule has 0 bridgehead atoms. The van der Waals surface area contributed by atoms with E-state index in [2.05, 4.69) is 65.8 Å². The maximum absolute atomic E-state index is 2.46. The van der Waals surface area contributed by atoms with Crippen LogP contribution < -0.4 is 0 Å². The third-order valence-electron chi connectivity index (χ3n) is 5.56. The van der Waals surface area contributed by atoms with Gasteiger partial charge in [0.1, 0.15) is 0 Å². The molecule has 1 aromatic rings. The summed E-state index contributed by atoms with van der Waals surface area (Å²) in [4.78, 5) is 0. The molecule has 1 aromatic carbocycles. The van der Waals surface area contributed by atoms with Crippen LogP contribution in [0.3, 0.4) is 0 Å². The molecule has 2 rings (SSSR count). The summed E-state index contributed by atoms with van der Waals surface area (Å²) in [5.74, 6) is 3.03. The standard InChI is InChI=1S/C23H36/c1-7-8-16(2)13-17(3)9-12-22-19(5)10-11-21-15-18(4)14-20(6)23(21)22/h9-12,16-18,20H,7-8,13-15H2,1-6H3/b12-9+/t16?,17?,18-,20?/m0/s1. The Bertz CT molecular complexity index is 537. The van der Waals surface area contributed by atoms with E-state index < -0.39 is 0 Å². The maximum Gasteiger partial charge on any atom is -0.0179 e. The first-order valence-electron chi connectivity index (χ1n) is 9.72. The first-order chi connectivity index (χ1) is 10.9. The molecule has 23 heavy (non-hydrogen) atoms. The second-order valence-electron chi connectivity index (χ2n) is 8.28. The van der Waals surface area contributed by atoms with E-state index in [1.165, 1.54) is 43.2 Å². The molecule has 0 aliphatic heterocycles. The number of hydrogen-bond acceptors (Lipinski definition) is 0. The minimum atomic E-state index is 0.671. The molecule has 0 amide bonds. The van der Waals surface area contributed by atoms with Crippen LogP contribution in [0.4, 0.5) is 0 Å². The highest BCUT2D eigenvalue weighted by Crippen LogP contribution is 2.38. The zero-order valence-corrected chi connectivity index (χ0v) is 16.2. The Labute approximate surface area is 144 Å². The summed E-state index contributed by atoms with van der Waals surface area (Å²) in [5, 5.41) is 0. The summed E-state index contributed by atoms with van der Waals surface area (Å²) in [6.07, 6.45) is 11.4. The van der Waals surface area contributed by atoms with Crippen molar-refractivity contribution in [3.8, 4) is 0 Å². The molecule has 0 saturated heterocycles. The predicted molar refractivity (Wildman–Crippen MR) is 104 cm³/mol. The lowest BCUT2D eigenvalue weighted by molar-refractivity contribution is 0.435. The number of hydrogen-bond donors (Lipinski definition) is 0. The molecule has 0 spiro atoms. The van der Waals surface area contributed by atoms with Crippen LogP contribution in [0.15, 0.2) is 18.2 Å². The van der Waals surface area contributed by atoms with Gasteiger partial charge in [0.2, 0.25) is 0 Å². The smallest absolute Gasteiger partial charge is 0.0179 e. The van der Waals surface area contributed by atoms with Gasteiger partial charge in [0.25, 0.3) is 0 Å². The van der Waals surface area contributed by atoms with E-state index >= 15 is 0 Å². The number of allylic oxidation sites excluding steroid dienone is 1. The van der Waals surface area contributed by atoms with Gasteiger partial charge in [0.05, 0.1) is 0 Å². The van der Waals surface area contributed by atoms with Gasteiger partial charge in [-0.15, -0.1) is 0 Å². The highest BCUT2D eigenvalue weighted by molar-refractivity contribution is 5.61. The molecule has 4 atom stereocenters. The average molecular weight is 313 g/mol. The van der Waals surface area contributed by atoms with Crippen LogP contribution >= 0.6 is 0 Å². The minimum absolute atomic E-state index is 0.671. The van der Waals surface area contributed by atoms with E-state index in [4.69, 9.17) is 0 Å². The third kappa shape index (κ3) is 4.72. The summed E-state index contributed by atoms with van der Waals surface area (Å²) in [6, 6.07) is 4.70. The van der Waals surface area contributed by atoms with Crippen LogP contribution in [0.2, 0.25) is 0 Å². The van der Waals surface area contributed by atoms with Crippen molar-refractivity contribution in [3.05, 3.63) is 40.5 Å². The molecule has 0 saturated carbocycles. The second-order valence-corrected chi connectivity index (χ2v) is 8.28. The molecule has 1 aliphatic rings. The molecule has 3 unspecified atom stereocenters. The van der Waals surface area contributed by atoms with Crippen LogP contribution in [-0.2, 0) is 6.42 Å². The van der Waals surface area contributed by atoms with Gasteiger partial charge in [0, 0.05) is 0 Å². The first kappa shape index (κ1) is 18.3. The molecule has 0 N–H and O–H groups in total. The fourth-order valence-electron chi connectivity index (χ4n) is 4.54. The molecule has 0 nitrogen and oxygen atoms in total. The molecular weight excluding hydrogens is 276 g/mol. The van der Waals surface area contributed by atoms with Crippen molar-refractivity contribution in [2.24, 2.45) is 17.8 Å². The van der Waals surface area contributed by atoms with Crippen molar-refractivity contribution in [3.63, 3.8) is 0 Å². The van der Waals surface area contributed by atoms with Crippen molar-refractivity contribution in [2.75, 3.05) is 0 Å². The van der Waals surface area contributed by atoms with Crippen molar-refractivity contribution in [1.29, 1.82) is 0 Å². The predicted octanol–water partition coefficient (Wildman–Crippen LogP) is 7.16. The molecule has 0 fully saturated rings. The lowest BCUT2D eigenvalue weighted by Crippen LogP contribution is -2.16. The summed E-state index contributed by atoms with van der Waals surface area (Å²) < 4.78 is 0. The SMILES string of the molecule is CCCC(C)CC(C)/C=C/c1c(C)ccc2c1C(C)C[C@H](C)C2. The van der Waals surface area contributed by atoms with Crippen molar-refractivity contribution in [2.45, 2.75) is 79.6 Å². The van der Waals surface area contributed by atoms with Gasteiger partial charge in [-0.3, -0.25) is 0 Å². The Balaban J connectivity index is 2.19. The monoisotopic (exact) mass is 312 g/mol. The Morgan fingerprint density at radius 2 is 1.96 bits per heavy atom. The molecule has 0 aromatic heterocycles. The molecule has 0 heterocycles. The van der Waals surface area contributed by atoms with Crippen LogP contribution in [0, 0.1) is 24.7 Å². The van der Waals surface area contributed by atoms with E-state index in [0.717, 1.165) is 11.8 Å². The lowest BCUT2D eigenvalue weighted by Gasteiger charge is -2.30. The van der Waals surface area contributed by atoms with Gasteiger partial charge in [0.15, 0.2) is 0 Å². The minimum Gasteiger partial charge on any atom is -0.0811 e. The zero-order chi connectivity index (χ0) is 17.0. The maximum atomic E-state index is 2.46. The fraction of sp³-hybridized carbons (Fsp3) is 0.652. The van der Waals surface area contributed by atoms with Gasteiger partial charge in [-0.25, -0.2) is 0 Å². The molecule has 1 aliphatic carbocycles. The van der Waals surface area contributed by atoms with Gasteiger partial charge < -0.3 is 0 Å². The lowest BCUT2D eigenvalue weighted by atomic mass is 9.75. The largest absolute Gasteiger partial charge is 0.0811 e. The molecular formula is C23H36. The van der Waals surface area contributed by atoms with Crippen molar-refractivity contribution < 1.29 is 0 Å². The molecule has 128 valence electrons. The molecule has 0 heteroatoms. The van der Waals surface area contributed by atoms with Crippen LogP contribution in [-0.4, -0.2) is 0 Å². The van der Waals surface area contributed by atoms with Crippen LogP contribution in [0.1, 0.15) is 88.5 Å². The number of rotatable bonds is 6. The van der Waals surface area contributed by atoms with E-state index in [1.807, 2.05) is 0 Å². The zero-order valence-electron chi connectivity index (χ0n) is 16.2. The number of fused-ring (bicyclic) bond motifs is 1. The Morgan fingerprint density at radius 3 is 2.65 bits per heavy atom. The summed E-state index contributed by atoms with van der Waals surface area (Å²) in [7, 11) is 0. The van der Waals surface area contributed by atoms with Crippen molar-refractivity contribution >= 4 is 6.08 Å². The summed E-state index contributed by atoms with van der Waals surface area (Å²) in [6.45, 7) is 14.1. The topological polar surface area (TPSA) is 0 Å². The Kier molecular flexibility index (Phi) is 6.50. The highest BCUT2D eigenvalue weighted by Gasteiger charge is 2.24. The Hall–Kier alpha value is -1.04. The molecule has 0 radical (unpaired) electrons. The fourth-order valence-corrected chi connectivity index (χ4v) is 4.54. The van der Waals surface area contributed by atoms with E-state index in [1.54, 1.807) is 11.1 Å². The quantitative estimate of drug-likeness (QED) is 0.523. The second kappa shape index (κ2) is 8.18. The summed E-state index contributed by atoms with van der Waals surface area (Å²) in [5.41, 5.74) is 6.17. The highest BCUT2D eigenvalue weighted by atomic mass is 14.3. The average Bonchev–Trinajstić information content (AvgIpc) is 2.46. The van der Waals surface area contributed by atoms with E-state index in [9.17, 15) is 0 Å². The Morgan fingerprint density at radius 1 is 1.22 bits per heavy atom. The number of aryl methyl sites for hydroxylation is 1. The van der Waals surface area contributed by atoms with Crippen LogP contribution in [0.5, 0.6) is 0 Å². The van der Waals surface area contributed by atoms with Gasteiger partial charge in [-0.2, -0.15) is 0 Å². The van der Waals surface area contributed by atoms with Crippen LogP contribution in [0.25, 0.3) is 6.08 Å². The normalized spacial score (nSPS) is 23.7. The van der Waals surface area contributed by atoms with E-state index in [-0.39, 0.29) is 0 Å². The first-order valence-corrected chi connectivity index (χ1v) is 9.72. The van der Waals surface area contributed by atoms with Gasteiger partial charge >= 0.3 is 0 Å². The van der Waals surface area contributed by atoms with E-state index in [0.29, 0.717) is 11.8 Å². The third-order valence-corrected chi connectivity index (χ3v) is 5.56. The van der Waals surface area contributed by atoms with Crippen molar-refractivity contribution in [1.82, 2.24) is 0 Å². The van der Waals surface area contributed by atoms with Gasteiger partial charge in [-0.1, -0.05) is 71.7 Å². The summed E-state index contributed by atoms with van der Waals surface area (Å²) >= 11 is 0. The van der Waals surface area contributed by atoms with Gasteiger partial charge in [-0.05, 0) is 72.1 Å². The number of benzene rings is 1.